The van der Waals surface area contributed by atoms with Gasteiger partial charge in [0.1, 0.15) is 0 Å². The van der Waals surface area contributed by atoms with E-state index in [-0.39, 0.29) is 29.7 Å². The monoisotopic (exact) mass is 542 g/mol. The molecule has 0 saturated carbocycles. The molecule has 2 N–H and O–H groups in total. The number of nitro benzene ring substituents is 1. The smallest absolute Gasteiger partial charge is 0.269 e. The van der Waals surface area contributed by atoms with Gasteiger partial charge in [0.05, 0.1) is 18.1 Å². The van der Waals surface area contributed by atoms with E-state index in [4.69, 9.17) is 4.74 Å². The number of nitrogens with zero attached hydrogens (tertiary/aromatic N) is 2. The lowest BCUT2D eigenvalue weighted by molar-refractivity contribution is -0.384. The molecule has 0 spiro atoms. The molecule has 0 radical (unpaired) electrons. The van der Waals surface area contributed by atoms with E-state index in [1.54, 1.807) is 23.9 Å². The first-order chi connectivity index (χ1) is 14.2. The van der Waals surface area contributed by atoms with E-state index in [1.165, 1.54) is 17.0 Å². The van der Waals surface area contributed by atoms with Gasteiger partial charge in [0, 0.05) is 48.4 Å². The summed E-state index contributed by atoms with van der Waals surface area (Å²) in [6.07, 6.45) is 1.06. The Morgan fingerprint density at radius 3 is 2.60 bits per heavy atom. The largest absolute Gasteiger partial charge is 0.381 e. The number of rotatable bonds is 9. The van der Waals surface area contributed by atoms with Crippen LogP contribution in [-0.4, -0.2) is 42.9 Å². The van der Waals surface area contributed by atoms with Gasteiger partial charge in [-0.1, -0.05) is 30.3 Å². The van der Waals surface area contributed by atoms with E-state index in [9.17, 15) is 10.1 Å². The highest BCUT2D eigenvalue weighted by Gasteiger charge is 2.15. The third kappa shape index (κ3) is 8.49. The molecular weight excluding hydrogens is 515 g/mol. The standard InChI is InChI=1S/C21H26N4O3S.HI/c26-25(27)19-8-6-17(7-9-19)14-23-21(24-15-18-10-12-28-16-18)22-11-13-29-20-4-2-1-3-5-20;/h1-9,18H,10-16H2,(H2,22,23,24);1H. The van der Waals surface area contributed by atoms with Crippen LogP contribution in [0.25, 0.3) is 0 Å². The maximum atomic E-state index is 10.8. The highest BCUT2D eigenvalue weighted by molar-refractivity contribution is 14.0. The molecule has 1 saturated heterocycles. The van der Waals surface area contributed by atoms with Crippen LogP contribution in [0.4, 0.5) is 5.69 Å². The first-order valence-electron chi connectivity index (χ1n) is 9.72. The molecule has 0 bridgehead atoms. The fourth-order valence-electron chi connectivity index (χ4n) is 2.91. The van der Waals surface area contributed by atoms with Crippen LogP contribution >= 0.6 is 35.7 Å². The van der Waals surface area contributed by atoms with Crippen molar-refractivity contribution in [2.45, 2.75) is 17.9 Å². The Labute approximate surface area is 198 Å². The maximum absolute atomic E-state index is 10.8. The summed E-state index contributed by atoms with van der Waals surface area (Å²) in [7, 11) is 0. The van der Waals surface area contributed by atoms with Crippen molar-refractivity contribution in [1.29, 1.82) is 0 Å². The average Bonchev–Trinajstić information content (AvgIpc) is 3.27. The SMILES string of the molecule is I.O=[N+]([O-])c1ccc(CN=C(NCCSc2ccccc2)NCC2CCOC2)cc1. The van der Waals surface area contributed by atoms with Gasteiger partial charge < -0.3 is 15.4 Å². The molecule has 162 valence electrons. The van der Waals surface area contributed by atoms with Gasteiger partial charge in [-0.25, -0.2) is 4.99 Å². The minimum Gasteiger partial charge on any atom is -0.381 e. The minimum absolute atomic E-state index is 0. The van der Waals surface area contributed by atoms with E-state index in [1.807, 2.05) is 18.2 Å². The molecule has 1 unspecified atom stereocenters. The molecule has 1 aliphatic rings. The topological polar surface area (TPSA) is 88.8 Å². The number of nitrogens with one attached hydrogen (secondary N) is 2. The highest BCUT2D eigenvalue weighted by Crippen LogP contribution is 2.16. The van der Waals surface area contributed by atoms with Crippen LogP contribution in [0.15, 0.2) is 64.5 Å². The second-order valence-corrected chi connectivity index (χ2v) is 7.96. The Hall–Kier alpha value is -1.85. The molecule has 1 fully saturated rings. The van der Waals surface area contributed by atoms with Crippen LogP contribution in [0.1, 0.15) is 12.0 Å². The quantitative estimate of drug-likeness (QED) is 0.0945. The molecule has 3 rings (SSSR count). The number of nitro groups is 1. The van der Waals surface area contributed by atoms with Gasteiger partial charge in [-0.15, -0.1) is 35.7 Å². The van der Waals surface area contributed by atoms with Crippen molar-refractivity contribution in [3.05, 3.63) is 70.3 Å². The van der Waals surface area contributed by atoms with E-state index in [0.717, 1.165) is 50.0 Å². The number of guanidine groups is 1. The van der Waals surface area contributed by atoms with E-state index in [2.05, 4.69) is 27.8 Å². The minimum atomic E-state index is -0.393. The molecule has 2 aromatic rings. The molecule has 1 aliphatic heterocycles. The molecule has 0 amide bonds. The van der Waals surface area contributed by atoms with Gasteiger partial charge >= 0.3 is 0 Å². The normalized spacial score (nSPS) is 16.0. The fraction of sp³-hybridized carbons (Fsp3) is 0.381. The molecule has 2 aromatic carbocycles. The molecule has 1 atom stereocenters. The number of aliphatic imine (C=N–C) groups is 1. The first-order valence-corrected chi connectivity index (χ1v) is 10.7. The second kappa shape index (κ2) is 13.5. The molecule has 0 aromatic heterocycles. The number of hydrogen-bond donors (Lipinski definition) is 2. The Morgan fingerprint density at radius 2 is 1.93 bits per heavy atom. The van der Waals surface area contributed by atoms with Crippen molar-refractivity contribution >= 4 is 47.4 Å². The van der Waals surface area contributed by atoms with Gasteiger partial charge in [0.25, 0.3) is 5.69 Å². The zero-order valence-corrected chi connectivity index (χ0v) is 19.8. The molecule has 30 heavy (non-hydrogen) atoms. The number of hydrogen-bond acceptors (Lipinski definition) is 5. The third-order valence-corrected chi connectivity index (χ3v) is 5.57. The average molecular weight is 542 g/mol. The molecule has 9 heteroatoms. The van der Waals surface area contributed by atoms with E-state index >= 15 is 0 Å². The lowest BCUT2D eigenvalue weighted by Crippen LogP contribution is -2.41. The van der Waals surface area contributed by atoms with Gasteiger partial charge in [-0.2, -0.15) is 0 Å². The number of benzene rings is 2. The second-order valence-electron chi connectivity index (χ2n) is 6.79. The summed E-state index contributed by atoms with van der Waals surface area (Å²) in [5, 5.41) is 17.6. The zero-order valence-electron chi connectivity index (χ0n) is 16.7. The lowest BCUT2D eigenvalue weighted by Gasteiger charge is -2.15. The Bertz CT molecular complexity index is 800. The van der Waals surface area contributed by atoms with Crippen LogP contribution in [-0.2, 0) is 11.3 Å². The third-order valence-electron chi connectivity index (χ3n) is 4.56. The summed E-state index contributed by atoms with van der Waals surface area (Å²) in [5.74, 6) is 2.18. The molecule has 1 heterocycles. The summed E-state index contributed by atoms with van der Waals surface area (Å²) in [4.78, 5) is 16.3. The van der Waals surface area contributed by atoms with Crippen molar-refractivity contribution < 1.29 is 9.66 Å². The van der Waals surface area contributed by atoms with Crippen LogP contribution < -0.4 is 10.6 Å². The van der Waals surface area contributed by atoms with E-state index in [0.29, 0.717) is 12.5 Å². The van der Waals surface area contributed by atoms with Crippen LogP contribution in [0, 0.1) is 16.0 Å². The summed E-state index contributed by atoms with van der Waals surface area (Å²) in [6.45, 7) is 3.67. The number of non-ortho nitro benzene ring substituents is 1. The van der Waals surface area contributed by atoms with Crippen molar-refractivity contribution in [2.75, 3.05) is 32.1 Å². The van der Waals surface area contributed by atoms with Crippen molar-refractivity contribution in [3.63, 3.8) is 0 Å². The predicted octanol–water partition coefficient (Wildman–Crippen LogP) is 4.08. The Morgan fingerprint density at radius 1 is 1.17 bits per heavy atom. The summed E-state index contributed by atoms with van der Waals surface area (Å²) in [6, 6.07) is 16.8. The summed E-state index contributed by atoms with van der Waals surface area (Å²) in [5.41, 5.74) is 1.02. The summed E-state index contributed by atoms with van der Waals surface area (Å²) < 4.78 is 5.44. The van der Waals surface area contributed by atoms with Crippen LogP contribution in [0.2, 0.25) is 0 Å². The molecule has 0 aliphatic carbocycles. The zero-order chi connectivity index (χ0) is 20.3. The number of thioether (sulfide) groups is 1. The van der Waals surface area contributed by atoms with Crippen molar-refractivity contribution in [1.82, 2.24) is 10.6 Å². The fourth-order valence-corrected chi connectivity index (χ4v) is 3.70. The van der Waals surface area contributed by atoms with Crippen LogP contribution in [0.3, 0.4) is 0 Å². The lowest BCUT2D eigenvalue weighted by atomic mass is 10.1. The number of halogens is 1. The van der Waals surface area contributed by atoms with E-state index < -0.39 is 4.92 Å². The molecular formula is C21H27IN4O3S. The Kier molecular flexibility index (Phi) is 11.0. The first kappa shape index (κ1) is 24.4. The predicted molar refractivity (Wildman–Crippen MR) is 132 cm³/mol. The van der Waals surface area contributed by atoms with Crippen molar-refractivity contribution in [2.24, 2.45) is 10.9 Å². The summed E-state index contributed by atoms with van der Waals surface area (Å²) >= 11 is 1.80. The molecule has 7 nitrogen and oxygen atoms in total. The maximum Gasteiger partial charge on any atom is 0.269 e. The Balaban J connectivity index is 0.00000320. The number of ether oxygens (including phenoxy) is 1. The van der Waals surface area contributed by atoms with Gasteiger partial charge in [-0.3, -0.25) is 10.1 Å². The van der Waals surface area contributed by atoms with Gasteiger partial charge in [0.2, 0.25) is 0 Å². The van der Waals surface area contributed by atoms with Gasteiger partial charge in [-0.05, 0) is 24.1 Å². The van der Waals surface area contributed by atoms with Crippen molar-refractivity contribution in [3.8, 4) is 0 Å². The van der Waals surface area contributed by atoms with Crippen LogP contribution in [0.5, 0.6) is 0 Å². The van der Waals surface area contributed by atoms with Gasteiger partial charge in [0.15, 0.2) is 5.96 Å². The highest BCUT2D eigenvalue weighted by atomic mass is 127.